The van der Waals surface area contributed by atoms with Gasteiger partial charge in [-0.1, -0.05) is 13.0 Å². The predicted molar refractivity (Wildman–Crippen MR) is 74.6 cm³/mol. The van der Waals surface area contributed by atoms with Crippen LogP contribution in [0.2, 0.25) is 0 Å². The lowest BCUT2D eigenvalue weighted by Gasteiger charge is -2.09. The van der Waals surface area contributed by atoms with E-state index in [0.717, 1.165) is 12.1 Å². The van der Waals surface area contributed by atoms with E-state index in [4.69, 9.17) is 10.5 Å². The second kappa shape index (κ2) is 6.12. The lowest BCUT2D eigenvalue weighted by molar-refractivity contribution is -0.384. The second-order valence-electron chi connectivity index (χ2n) is 4.29. The third kappa shape index (κ3) is 3.30. The van der Waals surface area contributed by atoms with Crippen molar-refractivity contribution in [2.24, 2.45) is 5.73 Å². The van der Waals surface area contributed by atoms with E-state index in [2.05, 4.69) is 4.98 Å². The highest BCUT2D eigenvalue weighted by atomic mass is 16.6. The summed E-state index contributed by atoms with van der Waals surface area (Å²) in [7, 11) is 0. The SMILES string of the molecule is CC[C@H](N)c1ccc(Oc2cccc([N+](=O)[O-])c2)cn1. The van der Waals surface area contributed by atoms with Gasteiger partial charge in [-0.2, -0.15) is 0 Å². The molecule has 0 aliphatic heterocycles. The van der Waals surface area contributed by atoms with Crippen LogP contribution in [0.15, 0.2) is 42.6 Å². The fourth-order valence-electron chi connectivity index (χ4n) is 1.68. The number of aromatic nitrogens is 1. The van der Waals surface area contributed by atoms with Gasteiger partial charge in [-0.25, -0.2) is 0 Å². The largest absolute Gasteiger partial charge is 0.455 e. The molecule has 1 aromatic carbocycles. The molecule has 6 heteroatoms. The number of non-ortho nitro benzene ring substituents is 1. The molecule has 1 aromatic heterocycles. The first-order valence-electron chi connectivity index (χ1n) is 6.24. The molecular formula is C14H15N3O3. The third-order valence-electron chi connectivity index (χ3n) is 2.84. The van der Waals surface area contributed by atoms with Gasteiger partial charge in [0, 0.05) is 12.1 Å². The first kappa shape index (κ1) is 14.0. The van der Waals surface area contributed by atoms with Gasteiger partial charge in [0.2, 0.25) is 0 Å². The van der Waals surface area contributed by atoms with E-state index in [1.165, 1.54) is 12.1 Å². The number of hydrogen-bond donors (Lipinski definition) is 1. The highest BCUT2D eigenvalue weighted by Crippen LogP contribution is 2.25. The number of nitro groups is 1. The first-order chi connectivity index (χ1) is 9.60. The lowest BCUT2D eigenvalue weighted by atomic mass is 10.1. The molecule has 0 radical (unpaired) electrons. The summed E-state index contributed by atoms with van der Waals surface area (Å²) in [6.45, 7) is 1.99. The first-order valence-corrected chi connectivity index (χ1v) is 6.24. The number of benzene rings is 1. The van der Waals surface area contributed by atoms with E-state index in [0.29, 0.717) is 11.5 Å². The fourth-order valence-corrected chi connectivity index (χ4v) is 1.68. The molecule has 20 heavy (non-hydrogen) atoms. The minimum absolute atomic E-state index is 0.0138. The van der Waals surface area contributed by atoms with Crippen LogP contribution in [-0.4, -0.2) is 9.91 Å². The molecule has 0 fully saturated rings. The predicted octanol–water partition coefficient (Wildman–Crippen LogP) is 3.19. The zero-order valence-corrected chi connectivity index (χ0v) is 11.0. The van der Waals surface area contributed by atoms with E-state index < -0.39 is 4.92 Å². The summed E-state index contributed by atoms with van der Waals surface area (Å²) >= 11 is 0. The number of pyridine rings is 1. The van der Waals surface area contributed by atoms with Crippen molar-refractivity contribution in [2.75, 3.05) is 0 Å². The smallest absolute Gasteiger partial charge is 0.273 e. The average Bonchev–Trinajstić information content (AvgIpc) is 2.47. The summed E-state index contributed by atoms with van der Waals surface area (Å²) in [6.07, 6.45) is 2.36. The summed E-state index contributed by atoms with van der Waals surface area (Å²) < 4.78 is 5.53. The van der Waals surface area contributed by atoms with Crippen LogP contribution < -0.4 is 10.5 Å². The van der Waals surface area contributed by atoms with E-state index in [1.54, 1.807) is 30.5 Å². The zero-order valence-electron chi connectivity index (χ0n) is 11.0. The lowest BCUT2D eigenvalue weighted by Crippen LogP contribution is -2.10. The number of nitrogens with zero attached hydrogens (tertiary/aromatic N) is 2. The van der Waals surface area contributed by atoms with Crippen molar-refractivity contribution in [3.63, 3.8) is 0 Å². The van der Waals surface area contributed by atoms with Crippen molar-refractivity contribution in [3.05, 3.63) is 58.4 Å². The molecule has 2 N–H and O–H groups in total. The Hall–Kier alpha value is -2.47. The molecule has 0 saturated heterocycles. The van der Waals surface area contributed by atoms with Crippen LogP contribution in [0.25, 0.3) is 0 Å². The van der Waals surface area contributed by atoms with Crippen molar-refractivity contribution < 1.29 is 9.66 Å². The van der Waals surface area contributed by atoms with Crippen LogP contribution in [0.4, 0.5) is 5.69 Å². The Labute approximate surface area is 116 Å². The van der Waals surface area contributed by atoms with E-state index in [9.17, 15) is 10.1 Å². The minimum atomic E-state index is -0.464. The summed E-state index contributed by atoms with van der Waals surface area (Å²) in [4.78, 5) is 14.4. The summed E-state index contributed by atoms with van der Waals surface area (Å²) in [5, 5.41) is 10.7. The Morgan fingerprint density at radius 3 is 2.75 bits per heavy atom. The van der Waals surface area contributed by atoms with Crippen molar-refractivity contribution in [3.8, 4) is 11.5 Å². The van der Waals surface area contributed by atoms with Crippen LogP contribution >= 0.6 is 0 Å². The van der Waals surface area contributed by atoms with Crippen molar-refractivity contribution in [2.45, 2.75) is 19.4 Å². The molecule has 0 spiro atoms. The summed E-state index contributed by atoms with van der Waals surface area (Å²) in [5.41, 5.74) is 6.65. The molecular weight excluding hydrogens is 258 g/mol. The average molecular weight is 273 g/mol. The Bertz CT molecular complexity index is 599. The maximum atomic E-state index is 10.7. The van der Waals surface area contributed by atoms with Gasteiger partial charge < -0.3 is 10.5 Å². The summed E-state index contributed by atoms with van der Waals surface area (Å²) in [6, 6.07) is 9.44. The van der Waals surface area contributed by atoms with Crippen molar-refractivity contribution >= 4 is 5.69 Å². The monoisotopic (exact) mass is 273 g/mol. The van der Waals surface area contributed by atoms with Gasteiger partial charge in [-0.15, -0.1) is 0 Å². The normalized spacial score (nSPS) is 11.9. The number of nitrogens with two attached hydrogens (primary N) is 1. The number of ether oxygens (including phenoxy) is 1. The topological polar surface area (TPSA) is 91.3 Å². The Balaban J connectivity index is 2.14. The van der Waals surface area contributed by atoms with Crippen molar-refractivity contribution in [1.29, 1.82) is 0 Å². The molecule has 0 bridgehead atoms. The van der Waals surface area contributed by atoms with Gasteiger partial charge in [0.05, 0.1) is 22.9 Å². The van der Waals surface area contributed by atoms with Crippen LogP contribution in [0, 0.1) is 10.1 Å². The van der Waals surface area contributed by atoms with E-state index in [1.807, 2.05) is 6.92 Å². The highest BCUT2D eigenvalue weighted by Gasteiger charge is 2.08. The fraction of sp³-hybridized carbons (Fsp3) is 0.214. The molecule has 0 aliphatic carbocycles. The molecule has 0 amide bonds. The van der Waals surface area contributed by atoms with Gasteiger partial charge in [0.15, 0.2) is 0 Å². The molecule has 0 saturated carbocycles. The Kier molecular flexibility index (Phi) is 4.27. The Morgan fingerprint density at radius 2 is 2.15 bits per heavy atom. The maximum Gasteiger partial charge on any atom is 0.273 e. The van der Waals surface area contributed by atoms with Crippen LogP contribution in [0.5, 0.6) is 11.5 Å². The third-order valence-corrected chi connectivity index (χ3v) is 2.84. The molecule has 2 rings (SSSR count). The minimum Gasteiger partial charge on any atom is -0.455 e. The zero-order chi connectivity index (χ0) is 14.5. The molecule has 0 aliphatic rings. The standard InChI is InChI=1S/C14H15N3O3/c1-2-13(15)14-7-6-12(9-16-14)20-11-5-3-4-10(8-11)17(18)19/h3-9,13H,2,15H2,1H3/t13-/m0/s1. The van der Waals surface area contributed by atoms with Gasteiger partial charge in [0.25, 0.3) is 5.69 Å². The highest BCUT2D eigenvalue weighted by molar-refractivity contribution is 5.40. The second-order valence-corrected chi connectivity index (χ2v) is 4.29. The number of rotatable bonds is 5. The van der Waals surface area contributed by atoms with E-state index >= 15 is 0 Å². The van der Waals surface area contributed by atoms with Gasteiger partial charge in [-0.3, -0.25) is 15.1 Å². The molecule has 1 heterocycles. The van der Waals surface area contributed by atoms with Crippen LogP contribution in [0.3, 0.4) is 0 Å². The quantitative estimate of drug-likeness (QED) is 0.667. The Morgan fingerprint density at radius 1 is 1.35 bits per heavy atom. The van der Waals surface area contributed by atoms with Gasteiger partial charge in [-0.05, 0) is 24.6 Å². The van der Waals surface area contributed by atoms with Gasteiger partial charge in [0.1, 0.15) is 11.5 Å². The molecule has 104 valence electrons. The van der Waals surface area contributed by atoms with Crippen molar-refractivity contribution in [1.82, 2.24) is 4.98 Å². The van der Waals surface area contributed by atoms with Crippen LogP contribution in [-0.2, 0) is 0 Å². The molecule has 2 aromatic rings. The molecule has 6 nitrogen and oxygen atoms in total. The van der Waals surface area contributed by atoms with Gasteiger partial charge >= 0.3 is 0 Å². The van der Waals surface area contributed by atoms with E-state index in [-0.39, 0.29) is 11.7 Å². The number of hydrogen-bond acceptors (Lipinski definition) is 5. The molecule has 0 unspecified atom stereocenters. The molecule has 1 atom stereocenters. The maximum absolute atomic E-state index is 10.7. The number of nitro benzene ring substituents is 1. The van der Waals surface area contributed by atoms with Crippen LogP contribution in [0.1, 0.15) is 25.1 Å². The summed E-state index contributed by atoms with van der Waals surface area (Å²) in [5.74, 6) is 0.908.